The topological polar surface area (TPSA) is 62.3 Å². The zero-order chi connectivity index (χ0) is 14.5. The van der Waals surface area contributed by atoms with E-state index in [0.717, 1.165) is 6.42 Å². The quantitative estimate of drug-likeness (QED) is 0.835. The van der Waals surface area contributed by atoms with E-state index in [9.17, 15) is 8.42 Å². The zero-order valence-electron chi connectivity index (χ0n) is 12.0. The van der Waals surface area contributed by atoms with Crippen LogP contribution in [0.15, 0.2) is 23.2 Å². The molecule has 0 radical (unpaired) electrons. The Kier molecular flexibility index (Phi) is 5.75. The van der Waals surface area contributed by atoms with Gasteiger partial charge in [0, 0.05) is 25.3 Å². The monoisotopic (exact) mass is 285 g/mol. The summed E-state index contributed by atoms with van der Waals surface area (Å²) in [6.45, 7) is 8.76. The van der Waals surface area contributed by atoms with Crippen molar-refractivity contribution < 1.29 is 8.42 Å². The van der Waals surface area contributed by atoms with E-state index in [2.05, 4.69) is 10.3 Å². The summed E-state index contributed by atoms with van der Waals surface area (Å²) in [5.41, 5.74) is 0. The summed E-state index contributed by atoms with van der Waals surface area (Å²) >= 11 is 0. The van der Waals surface area contributed by atoms with Gasteiger partial charge in [-0.1, -0.05) is 13.8 Å². The number of anilines is 1. The highest BCUT2D eigenvalue weighted by Crippen LogP contribution is 2.24. The molecular formula is C13H23N3O2S. The fraction of sp³-hybridized carbons (Fsp3) is 0.615. The average Bonchev–Trinajstić information content (AvgIpc) is 2.39. The van der Waals surface area contributed by atoms with E-state index in [1.165, 1.54) is 4.31 Å². The molecule has 1 atom stereocenters. The van der Waals surface area contributed by atoms with Crippen molar-refractivity contribution in [3.05, 3.63) is 18.3 Å². The van der Waals surface area contributed by atoms with Crippen LogP contribution >= 0.6 is 0 Å². The number of nitrogens with zero attached hydrogens (tertiary/aromatic N) is 2. The molecule has 0 amide bonds. The van der Waals surface area contributed by atoms with Crippen molar-refractivity contribution in [2.45, 2.75) is 45.1 Å². The van der Waals surface area contributed by atoms with Gasteiger partial charge in [-0.25, -0.2) is 13.4 Å². The molecular weight excluding hydrogens is 262 g/mol. The minimum atomic E-state index is -3.51. The zero-order valence-corrected chi connectivity index (χ0v) is 12.9. The Labute approximate surface area is 116 Å². The third-order valence-corrected chi connectivity index (χ3v) is 5.22. The average molecular weight is 285 g/mol. The van der Waals surface area contributed by atoms with Gasteiger partial charge in [0.1, 0.15) is 10.7 Å². The molecule has 1 heterocycles. The van der Waals surface area contributed by atoms with E-state index in [1.54, 1.807) is 18.3 Å². The maximum atomic E-state index is 12.7. The molecule has 6 heteroatoms. The lowest BCUT2D eigenvalue weighted by molar-refractivity contribution is 0.342. The second-order valence-electron chi connectivity index (χ2n) is 4.35. The van der Waals surface area contributed by atoms with Gasteiger partial charge in [-0.2, -0.15) is 4.31 Å². The molecule has 1 N–H and O–H groups in total. The summed E-state index contributed by atoms with van der Waals surface area (Å²) < 4.78 is 26.9. The molecule has 0 saturated heterocycles. The Balaban J connectivity index is 3.25. The van der Waals surface area contributed by atoms with Crippen molar-refractivity contribution in [3.63, 3.8) is 0 Å². The minimum Gasteiger partial charge on any atom is -0.369 e. The van der Waals surface area contributed by atoms with Crippen LogP contribution in [0, 0.1) is 0 Å². The van der Waals surface area contributed by atoms with E-state index < -0.39 is 10.0 Å². The van der Waals surface area contributed by atoms with Gasteiger partial charge < -0.3 is 5.32 Å². The van der Waals surface area contributed by atoms with Crippen molar-refractivity contribution in [1.29, 1.82) is 0 Å². The number of nitrogens with one attached hydrogen (secondary N) is 1. The van der Waals surface area contributed by atoms with E-state index in [0.29, 0.717) is 18.9 Å². The van der Waals surface area contributed by atoms with Crippen molar-refractivity contribution in [1.82, 2.24) is 9.29 Å². The summed E-state index contributed by atoms with van der Waals surface area (Å²) in [7, 11) is -3.51. The van der Waals surface area contributed by atoms with Gasteiger partial charge in [-0.3, -0.25) is 0 Å². The van der Waals surface area contributed by atoms with Gasteiger partial charge in [-0.05, 0) is 32.4 Å². The van der Waals surface area contributed by atoms with Crippen LogP contribution in [0.5, 0.6) is 0 Å². The van der Waals surface area contributed by atoms with Crippen LogP contribution in [0.25, 0.3) is 0 Å². The largest absolute Gasteiger partial charge is 0.369 e. The van der Waals surface area contributed by atoms with Gasteiger partial charge in [0.15, 0.2) is 0 Å². The van der Waals surface area contributed by atoms with Gasteiger partial charge >= 0.3 is 0 Å². The SMILES string of the molecule is CCNc1ncccc1S(=O)(=O)N(CC)C(C)CC. The number of aromatic nitrogens is 1. The van der Waals surface area contributed by atoms with Crippen LogP contribution in [0.1, 0.15) is 34.1 Å². The molecule has 5 nitrogen and oxygen atoms in total. The van der Waals surface area contributed by atoms with Crippen molar-refractivity contribution in [2.75, 3.05) is 18.4 Å². The maximum Gasteiger partial charge on any atom is 0.246 e. The molecule has 1 rings (SSSR count). The lowest BCUT2D eigenvalue weighted by atomic mass is 10.3. The first-order valence-corrected chi connectivity index (χ1v) is 8.13. The Hall–Kier alpha value is -1.14. The summed E-state index contributed by atoms with van der Waals surface area (Å²) in [6, 6.07) is 3.23. The number of rotatable bonds is 7. The van der Waals surface area contributed by atoms with E-state index in [1.807, 2.05) is 27.7 Å². The van der Waals surface area contributed by atoms with Crippen LogP contribution in [0.4, 0.5) is 5.82 Å². The molecule has 0 aliphatic carbocycles. The highest BCUT2D eigenvalue weighted by molar-refractivity contribution is 7.89. The number of hydrogen-bond acceptors (Lipinski definition) is 4. The first kappa shape index (κ1) is 15.9. The predicted molar refractivity (Wildman–Crippen MR) is 77.7 cm³/mol. The van der Waals surface area contributed by atoms with Crippen LogP contribution in [-0.4, -0.2) is 36.8 Å². The smallest absolute Gasteiger partial charge is 0.246 e. The van der Waals surface area contributed by atoms with Crippen molar-refractivity contribution in [3.8, 4) is 0 Å². The normalized spacial score (nSPS) is 13.5. The van der Waals surface area contributed by atoms with Gasteiger partial charge in [0.2, 0.25) is 10.0 Å². The molecule has 0 aromatic carbocycles. The summed E-state index contributed by atoms with van der Waals surface area (Å²) in [6.07, 6.45) is 2.38. The fourth-order valence-electron chi connectivity index (χ4n) is 1.95. The molecule has 0 aliphatic rings. The molecule has 0 saturated carbocycles. The predicted octanol–water partition coefficient (Wildman–Crippen LogP) is 2.32. The van der Waals surface area contributed by atoms with Crippen LogP contribution in [0.2, 0.25) is 0 Å². The summed E-state index contributed by atoms with van der Waals surface area (Å²) in [5.74, 6) is 0.423. The van der Waals surface area contributed by atoms with Crippen LogP contribution in [0.3, 0.4) is 0 Å². The van der Waals surface area contributed by atoms with Crippen molar-refractivity contribution in [2.24, 2.45) is 0 Å². The summed E-state index contributed by atoms with van der Waals surface area (Å²) in [5, 5.41) is 3.00. The fourth-order valence-corrected chi connectivity index (χ4v) is 3.78. The van der Waals surface area contributed by atoms with Crippen LogP contribution in [-0.2, 0) is 10.0 Å². The van der Waals surface area contributed by atoms with Gasteiger partial charge in [0.25, 0.3) is 0 Å². The standard InChI is InChI=1S/C13H23N3O2S/c1-5-11(4)16(7-3)19(17,18)12-9-8-10-15-13(12)14-6-2/h8-11H,5-7H2,1-4H3,(H,14,15). The van der Waals surface area contributed by atoms with Gasteiger partial charge in [-0.15, -0.1) is 0 Å². The second kappa shape index (κ2) is 6.86. The Morgan fingerprint density at radius 3 is 2.58 bits per heavy atom. The Morgan fingerprint density at radius 2 is 2.05 bits per heavy atom. The first-order valence-electron chi connectivity index (χ1n) is 6.69. The number of pyridine rings is 1. The highest BCUT2D eigenvalue weighted by atomic mass is 32.2. The second-order valence-corrected chi connectivity index (χ2v) is 6.21. The summed E-state index contributed by atoms with van der Waals surface area (Å²) in [4.78, 5) is 4.37. The number of sulfonamides is 1. The molecule has 0 aliphatic heterocycles. The molecule has 108 valence electrons. The molecule has 0 spiro atoms. The van der Waals surface area contributed by atoms with Crippen LogP contribution < -0.4 is 5.32 Å². The Morgan fingerprint density at radius 1 is 1.37 bits per heavy atom. The molecule has 1 aromatic heterocycles. The molecule has 0 bridgehead atoms. The van der Waals surface area contributed by atoms with Gasteiger partial charge in [0.05, 0.1) is 0 Å². The van der Waals surface area contributed by atoms with E-state index >= 15 is 0 Å². The van der Waals surface area contributed by atoms with E-state index in [4.69, 9.17) is 0 Å². The van der Waals surface area contributed by atoms with E-state index in [-0.39, 0.29) is 10.9 Å². The molecule has 1 unspecified atom stereocenters. The Bertz CT molecular complexity index is 502. The highest BCUT2D eigenvalue weighted by Gasteiger charge is 2.29. The third kappa shape index (κ3) is 3.45. The lowest BCUT2D eigenvalue weighted by Crippen LogP contribution is -2.38. The maximum absolute atomic E-state index is 12.7. The molecule has 0 fully saturated rings. The molecule has 1 aromatic rings. The number of hydrogen-bond donors (Lipinski definition) is 1. The third-order valence-electron chi connectivity index (χ3n) is 3.10. The molecule has 19 heavy (non-hydrogen) atoms. The lowest BCUT2D eigenvalue weighted by Gasteiger charge is -2.27. The van der Waals surface area contributed by atoms with Crippen molar-refractivity contribution >= 4 is 15.8 Å². The first-order chi connectivity index (χ1) is 8.98. The minimum absolute atomic E-state index is 0.0234.